The van der Waals surface area contributed by atoms with Gasteiger partial charge in [-0.1, -0.05) is 6.92 Å². The Hall–Kier alpha value is -0.850. The zero-order valence-corrected chi connectivity index (χ0v) is 13.1. The number of nitrogens with one attached hydrogen (secondary N) is 1. The van der Waals surface area contributed by atoms with Gasteiger partial charge in [-0.2, -0.15) is 0 Å². The van der Waals surface area contributed by atoms with Gasteiger partial charge in [0.1, 0.15) is 0 Å². The Morgan fingerprint density at radius 3 is 2.32 bits per heavy atom. The number of hydrogen-bond acceptors (Lipinski definition) is 4. The molecule has 1 N–H and O–H groups in total. The van der Waals surface area contributed by atoms with Crippen LogP contribution >= 0.6 is 12.4 Å². The number of carbonyl (C=O) groups is 2. The number of likely N-dealkylation sites (N-methyl/N-ethyl adjacent to an activating group) is 1. The molecule has 0 aromatic rings. The van der Waals surface area contributed by atoms with Crippen LogP contribution < -0.4 is 5.32 Å². The second-order valence-corrected chi connectivity index (χ2v) is 4.27. The number of nitrogens with zero attached hydrogens (tertiary/aromatic N) is 2. The number of hydrogen-bond donors (Lipinski definition) is 1. The normalized spacial score (nSPS) is 9.68. The first-order valence-electron chi connectivity index (χ1n) is 6.20. The van der Waals surface area contributed by atoms with Crippen LogP contribution in [0.3, 0.4) is 0 Å². The van der Waals surface area contributed by atoms with Crippen molar-refractivity contribution in [3.8, 4) is 0 Å². The smallest absolute Gasteiger partial charge is 0.241 e. The maximum Gasteiger partial charge on any atom is 0.241 e. The maximum absolute atomic E-state index is 11.9. The highest BCUT2D eigenvalue weighted by atomic mass is 35.5. The van der Waals surface area contributed by atoms with E-state index in [2.05, 4.69) is 5.32 Å². The number of halogens is 1. The molecule has 0 atom stereocenters. The average Bonchev–Trinajstić information content (AvgIpc) is 2.33. The number of methoxy groups -OCH3 is 1. The molecule has 114 valence electrons. The third kappa shape index (κ3) is 9.69. The molecule has 0 saturated heterocycles. The molecule has 19 heavy (non-hydrogen) atoms. The summed E-state index contributed by atoms with van der Waals surface area (Å²) < 4.78 is 4.88. The molecular formula is C12H26ClN3O3. The number of ether oxygens (including phenoxy) is 1. The zero-order chi connectivity index (χ0) is 14.0. The predicted octanol–water partition coefficient (Wildman–Crippen LogP) is -0.0290. The van der Waals surface area contributed by atoms with Gasteiger partial charge >= 0.3 is 0 Å². The van der Waals surface area contributed by atoms with Crippen LogP contribution in [0.4, 0.5) is 0 Å². The molecule has 0 aromatic carbocycles. The molecule has 0 aliphatic rings. The largest absolute Gasteiger partial charge is 0.383 e. The average molecular weight is 296 g/mol. The van der Waals surface area contributed by atoms with E-state index in [0.29, 0.717) is 19.7 Å². The van der Waals surface area contributed by atoms with Gasteiger partial charge in [0.05, 0.1) is 19.7 Å². The minimum atomic E-state index is -0.0614. The van der Waals surface area contributed by atoms with E-state index in [9.17, 15) is 9.59 Å². The van der Waals surface area contributed by atoms with E-state index >= 15 is 0 Å². The summed E-state index contributed by atoms with van der Waals surface area (Å²) in [4.78, 5) is 26.6. The van der Waals surface area contributed by atoms with Gasteiger partial charge in [0, 0.05) is 34.3 Å². The minimum absolute atomic E-state index is 0. The van der Waals surface area contributed by atoms with Crippen molar-refractivity contribution in [3.63, 3.8) is 0 Å². The molecule has 0 aliphatic carbocycles. The van der Waals surface area contributed by atoms with Gasteiger partial charge in [0.15, 0.2) is 0 Å². The van der Waals surface area contributed by atoms with Crippen LogP contribution in [0.5, 0.6) is 0 Å². The fourth-order valence-electron chi connectivity index (χ4n) is 1.35. The van der Waals surface area contributed by atoms with Crippen molar-refractivity contribution >= 4 is 24.2 Å². The molecule has 2 amide bonds. The quantitative estimate of drug-likeness (QED) is 0.607. The topological polar surface area (TPSA) is 61.9 Å². The standard InChI is InChI=1S/C12H25N3O3.ClH/c1-5-7-15(10-12(17)14(2)3)11(16)9-13-6-8-18-4;/h13H,5-10H2,1-4H3;1H. The summed E-state index contributed by atoms with van der Waals surface area (Å²) in [6.45, 7) is 4.17. The molecule has 0 unspecified atom stereocenters. The summed E-state index contributed by atoms with van der Waals surface area (Å²) in [5, 5.41) is 2.99. The monoisotopic (exact) mass is 295 g/mol. The molecule has 0 radical (unpaired) electrons. The highest BCUT2D eigenvalue weighted by Crippen LogP contribution is 1.94. The minimum Gasteiger partial charge on any atom is -0.383 e. The van der Waals surface area contributed by atoms with Crippen LogP contribution in [0.1, 0.15) is 13.3 Å². The first-order valence-corrected chi connectivity index (χ1v) is 6.20. The molecular weight excluding hydrogens is 270 g/mol. The first-order chi connectivity index (χ1) is 8.52. The molecule has 0 fully saturated rings. The van der Waals surface area contributed by atoms with E-state index in [1.165, 1.54) is 4.90 Å². The van der Waals surface area contributed by atoms with Gasteiger partial charge < -0.3 is 19.9 Å². The van der Waals surface area contributed by atoms with Crippen LogP contribution in [0.25, 0.3) is 0 Å². The van der Waals surface area contributed by atoms with Crippen molar-refractivity contribution in [3.05, 3.63) is 0 Å². The molecule has 0 aliphatic heterocycles. The molecule has 0 heterocycles. The number of amides is 2. The summed E-state index contributed by atoms with van der Waals surface area (Å²) in [6, 6.07) is 0. The summed E-state index contributed by atoms with van der Waals surface area (Å²) in [5.74, 6) is -0.114. The summed E-state index contributed by atoms with van der Waals surface area (Å²) in [6.07, 6.45) is 0.838. The van der Waals surface area contributed by atoms with Crippen molar-refractivity contribution < 1.29 is 14.3 Å². The summed E-state index contributed by atoms with van der Waals surface area (Å²) >= 11 is 0. The molecule has 0 aromatic heterocycles. The first kappa shape index (κ1) is 20.5. The van der Waals surface area contributed by atoms with Crippen molar-refractivity contribution in [2.75, 3.05) is 54.0 Å². The number of carbonyl (C=O) groups excluding carboxylic acids is 2. The Labute approximate surface area is 121 Å². The van der Waals surface area contributed by atoms with Crippen molar-refractivity contribution in [1.82, 2.24) is 15.1 Å². The van der Waals surface area contributed by atoms with E-state index in [1.807, 2.05) is 6.92 Å². The lowest BCUT2D eigenvalue weighted by Gasteiger charge is -2.23. The third-order valence-corrected chi connectivity index (χ3v) is 2.43. The molecule has 6 nitrogen and oxygen atoms in total. The van der Waals surface area contributed by atoms with Crippen LogP contribution in [0.15, 0.2) is 0 Å². The second-order valence-electron chi connectivity index (χ2n) is 4.27. The van der Waals surface area contributed by atoms with Gasteiger partial charge in [-0.25, -0.2) is 0 Å². The second kappa shape index (κ2) is 12.2. The zero-order valence-electron chi connectivity index (χ0n) is 12.3. The Morgan fingerprint density at radius 2 is 1.84 bits per heavy atom. The lowest BCUT2D eigenvalue weighted by molar-refractivity contribution is -0.138. The Kier molecular flexibility index (Phi) is 13.1. The van der Waals surface area contributed by atoms with Crippen LogP contribution in [-0.4, -0.2) is 75.6 Å². The van der Waals surface area contributed by atoms with Gasteiger partial charge in [-0.05, 0) is 6.42 Å². The molecule has 0 bridgehead atoms. The summed E-state index contributed by atoms with van der Waals surface area (Å²) in [7, 11) is 4.99. The Balaban J connectivity index is 0. The van der Waals surface area contributed by atoms with Gasteiger partial charge in [0.25, 0.3) is 0 Å². The van der Waals surface area contributed by atoms with Gasteiger partial charge in [-0.3, -0.25) is 9.59 Å². The fourth-order valence-corrected chi connectivity index (χ4v) is 1.35. The van der Waals surface area contributed by atoms with E-state index in [1.54, 1.807) is 26.1 Å². The van der Waals surface area contributed by atoms with Crippen LogP contribution in [0, 0.1) is 0 Å². The van der Waals surface area contributed by atoms with Crippen LogP contribution in [-0.2, 0) is 14.3 Å². The predicted molar refractivity (Wildman–Crippen MR) is 77.6 cm³/mol. The van der Waals surface area contributed by atoms with Crippen LogP contribution in [0.2, 0.25) is 0 Å². The van der Waals surface area contributed by atoms with Crippen molar-refractivity contribution in [2.24, 2.45) is 0 Å². The Bertz CT molecular complexity index is 263. The van der Waals surface area contributed by atoms with E-state index < -0.39 is 0 Å². The highest BCUT2D eigenvalue weighted by Gasteiger charge is 2.16. The third-order valence-electron chi connectivity index (χ3n) is 2.43. The molecule has 0 saturated carbocycles. The molecule has 7 heteroatoms. The molecule has 0 rings (SSSR count). The fraction of sp³-hybridized carbons (Fsp3) is 0.833. The lowest BCUT2D eigenvalue weighted by Crippen LogP contribution is -2.44. The van der Waals surface area contributed by atoms with E-state index in [4.69, 9.17) is 4.74 Å². The van der Waals surface area contributed by atoms with Gasteiger partial charge in [-0.15, -0.1) is 12.4 Å². The highest BCUT2D eigenvalue weighted by molar-refractivity contribution is 5.85. The van der Waals surface area contributed by atoms with Gasteiger partial charge in [0.2, 0.25) is 11.8 Å². The van der Waals surface area contributed by atoms with Crippen molar-refractivity contribution in [2.45, 2.75) is 13.3 Å². The lowest BCUT2D eigenvalue weighted by atomic mass is 10.3. The van der Waals surface area contributed by atoms with E-state index in [0.717, 1.165) is 6.42 Å². The maximum atomic E-state index is 11.9. The number of rotatable bonds is 9. The molecule has 0 spiro atoms. The SMILES string of the molecule is CCCN(CC(=O)N(C)C)C(=O)CNCCOC.Cl. The van der Waals surface area contributed by atoms with E-state index in [-0.39, 0.29) is 37.3 Å². The van der Waals surface area contributed by atoms with Crippen molar-refractivity contribution in [1.29, 1.82) is 0 Å². The Morgan fingerprint density at radius 1 is 1.21 bits per heavy atom. The summed E-state index contributed by atoms with van der Waals surface area (Å²) in [5.41, 5.74) is 0.